The number of hydrogen-bond acceptors (Lipinski definition) is 4. The van der Waals surface area contributed by atoms with E-state index in [0.29, 0.717) is 5.56 Å². The van der Waals surface area contributed by atoms with Gasteiger partial charge in [0.25, 0.3) is 5.56 Å². The van der Waals surface area contributed by atoms with Crippen molar-refractivity contribution in [1.29, 1.82) is 5.26 Å². The molecule has 114 valence electrons. The van der Waals surface area contributed by atoms with Gasteiger partial charge < -0.3 is 9.29 Å². The molecular weight excluding hydrogens is 306 g/mol. The molecule has 0 saturated heterocycles. The van der Waals surface area contributed by atoms with Crippen LogP contribution in [0.15, 0.2) is 58.2 Å². The van der Waals surface area contributed by atoms with Crippen molar-refractivity contribution < 1.29 is 0 Å². The monoisotopic (exact) mass is 321 g/mol. The second-order valence-corrected chi connectivity index (χ2v) is 6.19. The molecule has 23 heavy (non-hydrogen) atoms. The van der Waals surface area contributed by atoms with Crippen LogP contribution in [-0.4, -0.2) is 4.57 Å². The molecule has 1 aromatic heterocycles. The van der Waals surface area contributed by atoms with Crippen molar-refractivity contribution in [3.8, 4) is 6.07 Å². The first-order valence-corrected chi connectivity index (χ1v) is 7.93. The molecule has 0 aliphatic heterocycles. The molecular formula is C18H15N3OS. The van der Waals surface area contributed by atoms with Crippen LogP contribution in [0, 0.1) is 18.3 Å². The van der Waals surface area contributed by atoms with Crippen LogP contribution >= 0.6 is 11.9 Å². The predicted octanol–water partition coefficient (Wildman–Crippen LogP) is 3.84. The van der Waals surface area contributed by atoms with E-state index in [1.54, 1.807) is 23.7 Å². The summed E-state index contributed by atoms with van der Waals surface area (Å²) in [7, 11) is 1.79. The number of nitriles is 1. The van der Waals surface area contributed by atoms with E-state index in [2.05, 4.69) is 10.8 Å². The van der Waals surface area contributed by atoms with Crippen LogP contribution in [0.4, 0.5) is 5.69 Å². The number of aromatic nitrogens is 1. The maximum absolute atomic E-state index is 12.0. The van der Waals surface area contributed by atoms with Crippen molar-refractivity contribution in [2.75, 3.05) is 4.72 Å². The van der Waals surface area contributed by atoms with Crippen molar-refractivity contribution in [2.45, 2.75) is 11.8 Å². The third-order valence-corrected chi connectivity index (χ3v) is 4.52. The number of nitrogens with zero attached hydrogens (tertiary/aromatic N) is 2. The number of nitrogens with one attached hydrogen (secondary N) is 1. The number of anilines is 1. The van der Waals surface area contributed by atoms with Gasteiger partial charge in [0.05, 0.1) is 17.1 Å². The zero-order valence-electron chi connectivity index (χ0n) is 12.8. The summed E-state index contributed by atoms with van der Waals surface area (Å²) in [6, 6.07) is 17.3. The standard InChI is InChI=1S/C18H15N3OS/c1-12-9-14-10-15(5-8-17(14)21(2)18(12)22)20-23-16-6-3-13(11-19)4-7-16/h3-10,20H,1-2H3. The molecule has 0 unspecified atom stereocenters. The van der Waals surface area contributed by atoms with Crippen molar-refractivity contribution in [3.05, 3.63) is 70.0 Å². The minimum atomic E-state index is 0.0326. The van der Waals surface area contributed by atoms with Gasteiger partial charge in [-0.15, -0.1) is 0 Å². The molecule has 0 bridgehead atoms. The summed E-state index contributed by atoms with van der Waals surface area (Å²) in [5, 5.41) is 9.83. The molecule has 0 atom stereocenters. The zero-order chi connectivity index (χ0) is 16.4. The van der Waals surface area contributed by atoms with Gasteiger partial charge in [-0.3, -0.25) is 4.79 Å². The lowest BCUT2D eigenvalue weighted by atomic mass is 10.1. The molecule has 0 radical (unpaired) electrons. The Morgan fingerprint density at radius 2 is 1.87 bits per heavy atom. The summed E-state index contributed by atoms with van der Waals surface area (Å²) >= 11 is 1.48. The number of aryl methyl sites for hydroxylation is 2. The average Bonchev–Trinajstić information content (AvgIpc) is 2.58. The SMILES string of the molecule is Cc1cc2cc(NSc3ccc(C#N)cc3)ccc2n(C)c1=O. The number of pyridine rings is 1. The van der Waals surface area contributed by atoms with Crippen molar-refractivity contribution in [2.24, 2.45) is 7.05 Å². The molecule has 0 amide bonds. The lowest BCUT2D eigenvalue weighted by molar-refractivity contribution is 0.893. The highest BCUT2D eigenvalue weighted by molar-refractivity contribution is 8.00. The summed E-state index contributed by atoms with van der Waals surface area (Å²) in [5.41, 5.74) is 3.29. The van der Waals surface area contributed by atoms with Crippen molar-refractivity contribution in [1.82, 2.24) is 4.57 Å². The fourth-order valence-corrected chi connectivity index (χ4v) is 3.06. The van der Waals surface area contributed by atoms with Crippen LogP contribution in [0.25, 0.3) is 10.9 Å². The molecule has 1 N–H and O–H groups in total. The number of fused-ring (bicyclic) bond motifs is 1. The van der Waals surface area contributed by atoms with Crippen molar-refractivity contribution >= 4 is 28.5 Å². The number of hydrogen-bond donors (Lipinski definition) is 1. The van der Waals surface area contributed by atoms with Gasteiger partial charge in [-0.05, 0) is 67.4 Å². The molecule has 0 spiro atoms. The highest BCUT2D eigenvalue weighted by Crippen LogP contribution is 2.24. The fourth-order valence-electron chi connectivity index (χ4n) is 2.42. The molecule has 0 saturated carbocycles. The second-order valence-electron chi connectivity index (χ2n) is 5.31. The molecule has 4 nitrogen and oxygen atoms in total. The molecule has 3 aromatic rings. The number of rotatable bonds is 3. The Hall–Kier alpha value is -2.71. The first-order chi connectivity index (χ1) is 11.1. The Morgan fingerprint density at radius 1 is 1.13 bits per heavy atom. The molecule has 0 fully saturated rings. The maximum Gasteiger partial charge on any atom is 0.253 e. The van der Waals surface area contributed by atoms with E-state index >= 15 is 0 Å². The lowest BCUT2D eigenvalue weighted by Crippen LogP contribution is -2.19. The topological polar surface area (TPSA) is 57.8 Å². The molecule has 0 aliphatic rings. The summed E-state index contributed by atoms with van der Waals surface area (Å²) in [6.07, 6.45) is 0. The van der Waals surface area contributed by atoms with Crippen LogP contribution < -0.4 is 10.3 Å². The van der Waals surface area contributed by atoms with Crippen LogP contribution in [0.2, 0.25) is 0 Å². The highest BCUT2D eigenvalue weighted by atomic mass is 32.2. The Labute approximate surface area is 138 Å². The van der Waals surface area contributed by atoms with Gasteiger partial charge in [0.1, 0.15) is 0 Å². The van der Waals surface area contributed by atoms with E-state index in [0.717, 1.165) is 27.0 Å². The minimum absolute atomic E-state index is 0.0326. The van der Waals surface area contributed by atoms with Gasteiger partial charge in [-0.1, -0.05) is 0 Å². The predicted molar refractivity (Wildman–Crippen MR) is 94.6 cm³/mol. The Kier molecular flexibility index (Phi) is 4.09. The van der Waals surface area contributed by atoms with E-state index < -0.39 is 0 Å². The van der Waals surface area contributed by atoms with E-state index in [4.69, 9.17) is 5.26 Å². The summed E-state index contributed by atoms with van der Waals surface area (Å²) < 4.78 is 4.96. The summed E-state index contributed by atoms with van der Waals surface area (Å²) in [5.74, 6) is 0. The van der Waals surface area contributed by atoms with Gasteiger partial charge in [0.15, 0.2) is 0 Å². The highest BCUT2D eigenvalue weighted by Gasteiger charge is 2.04. The molecule has 5 heteroatoms. The normalized spacial score (nSPS) is 10.5. The number of benzene rings is 2. The fraction of sp³-hybridized carbons (Fsp3) is 0.111. The van der Waals surface area contributed by atoms with Crippen LogP contribution in [0.5, 0.6) is 0 Å². The lowest BCUT2D eigenvalue weighted by Gasteiger charge is -2.10. The smallest absolute Gasteiger partial charge is 0.253 e. The van der Waals surface area contributed by atoms with Crippen molar-refractivity contribution in [3.63, 3.8) is 0 Å². The summed E-state index contributed by atoms with van der Waals surface area (Å²) in [4.78, 5) is 13.0. The molecule has 1 heterocycles. The molecule has 0 aliphatic carbocycles. The van der Waals surface area contributed by atoms with Crippen LogP contribution in [0.3, 0.4) is 0 Å². The summed E-state index contributed by atoms with van der Waals surface area (Å²) in [6.45, 7) is 1.83. The van der Waals surface area contributed by atoms with Crippen LogP contribution in [-0.2, 0) is 7.05 Å². The van der Waals surface area contributed by atoms with Gasteiger partial charge in [-0.25, -0.2) is 0 Å². The minimum Gasteiger partial charge on any atom is -0.326 e. The van der Waals surface area contributed by atoms with Gasteiger partial charge in [0, 0.05) is 28.6 Å². The molecule has 3 rings (SSSR count). The van der Waals surface area contributed by atoms with Gasteiger partial charge in [-0.2, -0.15) is 5.26 Å². The largest absolute Gasteiger partial charge is 0.326 e. The quantitative estimate of drug-likeness (QED) is 0.745. The third-order valence-electron chi connectivity index (χ3n) is 3.67. The Bertz CT molecular complexity index is 968. The first kappa shape index (κ1) is 15.2. The van der Waals surface area contributed by atoms with E-state index in [9.17, 15) is 4.79 Å². The zero-order valence-corrected chi connectivity index (χ0v) is 13.6. The third kappa shape index (κ3) is 3.08. The van der Waals surface area contributed by atoms with E-state index in [1.807, 2.05) is 43.3 Å². The van der Waals surface area contributed by atoms with Gasteiger partial charge >= 0.3 is 0 Å². The average molecular weight is 321 g/mol. The molecule has 2 aromatic carbocycles. The Balaban J connectivity index is 1.84. The van der Waals surface area contributed by atoms with E-state index in [-0.39, 0.29) is 5.56 Å². The first-order valence-electron chi connectivity index (χ1n) is 7.12. The van der Waals surface area contributed by atoms with Crippen LogP contribution in [0.1, 0.15) is 11.1 Å². The van der Waals surface area contributed by atoms with E-state index in [1.165, 1.54) is 11.9 Å². The van der Waals surface area contributed by atoms with Gasteiger partial charge in [0.2, 0.25) is 0 Å². The Morgan fingerprint density at radius 3 is 2.57 bits per heavy atom. The second kappa shape index (κ2) is 6.19. The maximum atomic E-state index is 12.0.